The van der Waals surface area contributed by atoms with Crippen molar-refractivity contribution in [2.45, 2.75) is 37.3 Å². The van der Waals surface area contributed by atoms with E-state index in [9.17, 15) is 71.3 Å². The van der Waals surface area contributed by atoms with Gasteiger partial charge in [-0.05, 0) is 41.5 Å². The normalized spacial score (nSPS) is 23.6. The minimum Gasteiger partial charge on any atom is -0.508 e. The number of nitrogens with one attached hydrogen (secondary N) is 1. The molecule has 44 heavy (non-hydrogen) atoms. The first-order chi connectivity index (χ1) is 20.3. The molecule has 0 aromatic heterocycles. The molecule has 0 spiro atoms. The molecule has 0 saturated heterocycles. The zero-order chi connectivity index (χ0) is 32.7. The van der Waals surface area contributed by atoms with Crippen molar-refractivity contribution in [2.24, 2.45) is 11.8 Å². The van der Waals surface area contributed by atoms with Crippen LogP contribution in [0, 0.1) is 22.0 Å². The maximum absolute atomic E-state index is 14.0. The van der Waals surface area contributed by atoms with Gasteiger partial charge in [0.2, 0.25) is 5.78 Å². The average Bonchev–Trinajstić information content (AvgIpc) is 2.89. The number of halogens is 6. The molecule has 11 nitrogen and oxygen atoms in total. The number of non-ortho nitro benzene ring substituents is 1. The predicted octanol–water partition coefficient (Wildman–Crippen LogP) is 4.17. The number of nitro benzene ring substituents is 1. The van der Waals surface area contributed by atoms with E-state index >= 15 is 0 Å². The molecule has 2 aromatic rings. The number of carbonyl (C=O) groups excluding carboxylic acids is 3. The Labute approximate surface area is 240 Å². The number of carbonyl (C=O) groups is 3. The van der Waals surface area contributed by atoms with Crippen molar-refractivity contribution >= 4 is 28.9 Å². The number of aliphatic hydroxyl groups is 3. The lowest BCUT2D eigenvalue weighted by molar-refractivity contribution is -0.384. The summed E-state index contributed by atoms with van der Waals surface area (Å²) in [6.45, 7) is 0. The number of alkyl halides is 6. The summed E-state index contributed by atoms with van der Waals surface area (Å²) in [6.07, 6.45) is -12.4. The largest absolute Gasteiger partial charge is 0.508 e. The van der Waals surface area contributed by atoms with Gasteiger partial charge >= 0.3 is 12.5 Å². The number of phenolic OH excluding ortho intramolecular Hbond substituents is 1. The Balaban J connectivity index is 1.74. The van der Waals surface area contributed by atoms with E-state index in [1.54, 1.807) is 0 Å². The van der Waals surface area contributed by atoms with Gasteiger partial charge in [0.05, 0.1) is 16.1 Å². The molecule has 5 N–H and O–H groups in total. The molecule has 1 fully saturated rings. The molecular formula is C27H18F6N2O9. The van der Waals surface area contributed by atoms with Gasteiger partial charge in [-0.15, -0.1) is 0 Å². The number of amides is 1. The maximum Gasteiger partial charge on any atom is 0.484 e. The summed E-state index contributed by atoms with van der Waals surface area (Å²) in [5, 5.41) is 55.7. The molecule has 3 aliphatic carbocycles. The van der Waals surface area contributed by atoms with Gasteiger partial charge in [-0.1, -0.05) is 12.1 Å². The number of nitro groups is 1. The van der Waals surface area contributed by atoms with Gasteiger partial charge in [-0.3, -0.25) is 29.8 Å². The highest BCUT2D eigenvalue weighted by Crippen LogP contribution is 2.55. The number of Topliss-reactive ketones (excluding diaryl/α,β-unsaturated/α-hetero) is 2. The summed E-state index contributed by atoms with van der Waals surface area (Å²) in [4.78, 5) is 49.0. The molecule has 0 unspecified atom stereocenters. The Morgan fingerprint density at radius 1 is 1.05 bits per heavy atom. The molecule has 0 radical (unpaired) electrons. The lowest BCUT2D eigenvalue weighted by Gasteiger charge is -2.46. The molecule has 2 aromatic carbocycles. The highest BCUT2D eigenvalue weighted by atomic mass is 19.4. The van der Waals surface area contributed by atoms with E-state index in [-0.39, 0.29) is 16.7 Å². The van der Waals surface area contributed by atoms with Crippen LogP contribution in [-0.2, 0) is 27.0 Å². The number of aliphatic hydroxyl groups excluding tert-OH is 2. The number of rotatable bonds is 3. The minimum absolute atomic E-state index is 0.121. The van der Waals surface area contributed by atoms with Crippen LogP contribution >= 0.6 is 0 Å². The molecule has 17 heteroatoms. The molecule has 5 rings (SSSR count). The van der Waals surface area contributed by atoms with Crippen LogP contribution in [0.3, 0.4) is 0 Å². The van der Waals surface area contributed by atoms with E-state index in [0.29, 0.717) is 11.4 Å². The second kappa shape index (κ2) is 9.80. The first kappa shape index (κ1) is 30.5. The number of hydrogen-bond donors (Lipinski definition) is 5. The smallest absolute Gasteiger partial charge is 0.484 e. The third kappa shape index (κ3) is 4.63. The van der Waals surface area contributed by atoms with Crippen molar-refractivity contribution in [3.63, 3.8) is 0 Å². The van der Waals surface area contributed by atoms with E-state index in [0.717, 1.165) is 12.1 Å². The van der Waals surface area contributed by atoms with E-state index in [1.165, 1.54) is 12.1 Å². The summed E-state index contributed by atoms with van der Waals surface area (Å²) >= 11 is 0. The molecular weight excluding hydrogens is 610 g/mol. The fraction of sp³-hybridized carbons (Fsp3) is 0.296. The van der Waals surface area contributed by atoms with Crippen molar-refractivity contribution in [3.05, 3.63) is 74.0 Å². The van der Waals surface area contributed by atoms with Gasteiger partial charge in [0.15, 0.2) is 11.4 Å². The van der Waals surface area contributed by atoms with E-state index < -0.39 is 117 Å². The van der Waals surface area contributed by atoms with Crippen molar-refractivity contribution in [3.8, 4) is 16.9 Å². The number of fused-ring (bicyclic) bond motifs is 3. The molecule has 0 aliphatic heterocycles. The van der Waals surface area contributed by atoms with E-state index in [1.807, 2.05) is 0 Å². The Kier molecular flexibility index (Phi) is 6.80. The lowest BCUT2D eigenvalue weighted by atomic mass is 9.59. The monoisotopic (exact) mass is 628 g/mol. The molecule has 0 heterocycles. The number of benzene rings is 2. The van der Waals surface area contributed by atoms with Crippen molar-refractivity contribution < 1.29 is 66.1 Å². The topological polar surface area (TPSA) is 187 Å². The van der Waals surface area contributed by atoms with Crippen LogP contribution in [0.5, 0.6) is 5.75 Å². The Morgan fingerprint density at radius 2 is 1.70 bits per heavy atom. The summed E-state index contributed by atoms with van der Waals surface area (Å²) < 4.78 is 80.3. The number of hydrogen-bond acceptors (Lipinski definition) is 9. The predicted molar refractivity (Wildman–Crippen MR) is 133 cm³/mol. The number of phenols is 1. The minimum atomic E-state index is -5.37. The van der Waals surface area contributed by atoms with E-state index in [4.69, 9.17) is 0 Å². The van der Waals surface area contributed by atoms with Crippen LogP contribution in [0.2, 0.25) is 0 Å². The molecule has 1 amide bonds. The fourth-order valence-corrected chi connectivity index (χ4v) is 6.12. The summed E-state index contributed by atoms with van der Waals surface area (Å²) in [6, 6.07) is 4.95. The van der Waals surface area contributed by atoms with Crippen molar-refractivity contribution in [1.29, 1.82) is 0 Å². The zero-order valence-corrected chi connectivity index (χ0v) is 21.7. The second-order valence-corrected chi connectivity index (χ2v) is 10.5. The Morgan fingerprint density at radius 3 is 2.30 bits per heavy atom. The van der Waals surface area contributed by atoms with Gasteiger partial charge in [0.1, 0.15) is 22.8 Å². The van der Waals surface area contributed by atoms with Gasteiger partial charge in [0.25, 0.3) is 11.6 Å². The van der Waals surface area contributed by atoms with Crippen LogP contribution < -0.4 is 5.32 Å². The molecule has 232 valence electrons. The zero-order valence-electron chi connectivity index (χ0n) is 21.7. The van der Waals surface area contributed by atoms with Crippen molar-refractivity contribution in [1.82, 2.24) is 5.32 Å². The van der Waals surface area contributed by atoms with Gasteiger partial charge in [-0.2, -0.15) is 26.3 Å². The van der Waals surface area contributed by atoms with Gasteiger partial charge < -0.3 is 20.4 Å². The SMILES string of the molecule is O=C1C[C@@H]2C[C@@H]3Cc4c(-c5cccc([N+](=O)[O-])c5)cc(C(F)(F)F)c(O)c4C(O)=C3C(=O)[C@]2(O)C(O)=C1C(=O)NC(F)(F)F. The highest BCUT2D eigenvalue weighted by Gasteiger charge is 2.61. The molecule has 3 atom stereocenters. The maximum atomic E-state index is 14.0. The summed E-state index contributed by atoms with van der Waals surface area (Å²) in [5.74, 6) is -12.4. The summed E-state index contributed by atoms with van der Waals surface area (Å²) in [5.41, 5.74) is -9.32. The van der Waals surface area contributed by atoms with Crippen LogP contribution in [0.4, 0.5) is 32.0 Å². The second-order valence-electron chi connectivity index (χ2n) is 10.5. The van der Waals surface area contributed by atoms with Crippen LogP contribution in [0.15, 0.2) is 47.2 Å². The number of nitrogens with zero attached hydrogens (tertiary/aromatic N) is 1. The first-order valence-electron chi connectivity index (χ1n) is 12.5. The Bertz CT molecular complexity index is 1740. The third-order valence-corrected chi connectivity index (χ3v) is 7.97. The Hall–Kier alpha value is -4.93. The van der Waals surface area contributed by atoms with Crippen LogP contribution in [0.1, 0.15) is 29.5 Å². The average molecular weight is 628 g/mol. The highest BCUT2D eigenvalue weighted by molar-refractivity contribution is 6.23. The third-order valence-electron chi connectivity index (χ3n) is 7.97. The number of aromatic hydroxyl groups is 1. The molecule has 1 saturated carbocycles. The summed E-state index contributed by atoms with van der Waals surface area (Å²) in [7, 11) is 0. The molecule has 0 bridgehead atoms. The van der Waals surface area contributed by atoms with Gasteiger partial charge in [0, 0.05) is 30.0 Å². The van der Waals surface area contributed by atoms with Crippen molar-refractivity contribution in [2.75, 3.05) is 0 Å². The first-order valence-corrected chi connectivity index (χ1v) is 12.5. The lowest BCUT2D eigenvalue weighted by Crippen LogP contribution is -2.58. The molecule has 3 aliphatic rings. The fourth-order valence-electron chi connectivity index (χ4n) is 6.12. The van der Waals surface area contributed by atoms with Crippen LogP contribution in [0.25, 0.3) is 16.9 Å². The van der Waals surface area contributed by atoms with E-state index in [2.05, 4.69) is 0 Å². The van der Waals surface area contributed by atoms with Crippen LogP contribution in [-0.4, -0.2) is 54.7 Å². The quantitative estimate of drug-likeness (QED) is 0.109. The standard InChI is InChI=1S/C27H18F6N2O9/c28-26(29,30)15-8-13(9-2-1-3-12(5-9)35(43)44)14-6-10-4-11-7-16(36)19(24(41)34-27(31,32)33)23(40)25(11,42)22(39)17(10)21(38)18(14)20(15)37/h1-3,5,8,10-11,37-38,40,42H,4,6-7H2,(H,34,41)/t10-,11+,25+/m1/s1. The van der Waals surface area contributed by atoms with Gasteiger partial charge in [-0.25, -0.2) is 0 Å². The number of ketones is 2.